The van der Waals surface area contributed by atoms with Crippen molar-refractivity contribution in [2.45, 2.75) is 17.6 Å². The molecule has 1 fully saturated rings. The van der Waals surface area contributed by atoms with Gasteiger partial charge in [0, 0.05) is 0 Å². The van der Waals surface area contributed by atoms with Crippen molar-refractivity contribution >= 4 is 33.5 Å². The summed E-state index contributed by atoms with van der Waals surface area (Å²) in [6.45, 7) is 0.545. The number of ether oxygens (including phenoxy) is 2. The number of sulfonamides is 1. The fourth-order valence-corrected chi connectivity index (χ4v) is 4.93. The first kappa shape index (κ1) is 21.1. The highest BCUT2D eigenvalue weighted by Crippen LogP contribution is 2.25. The summed E-state index contributed by atoms with van der Waals surface area (Å²) in [7, 11) is -3.81. The van der Waals surface area contributed by atoms with Crippen molar-refractivity contribution in [1.29, 1.82) is 0 Å². The first-order valence-electron chi connectivity index (χ1n) is 9.76. The maximum Gasteiger partial charge on any atom is 0.274 e. The van der Waals surface area contributed by atoms with Gasteiger partial charge in [-0.3, -0.25) is 0 Å². The molecule has 1 saturated heterocycles. The Hall–Kier alpha value is -3.16. The Morgan fingerprint density at radius 1 is 0.968 bits per heavy atom. The molecule has 0 saturated carbocycles. The second-order valence-electron chi connectivity index (χ2n) is 6.97. The molecule has 3 aromatic rings. The molecule has 1 aliphatic heterocycles. The van der Waals surface area contributed by atoms with Crippen molar-refractivity contribution in [1.82, 2.24) is 4.31 Å². The van der Waals surface area contributed by atoms with E-state index in [2.05, 4.69) is 0 Å². The van der Waals surface area contributed by atoms with E-state index in [-0.39, 0.29) is 16.6 Å². The minimum atomic E-state index is -3.81. The summed E-state index contributed by atoms with van der Waals surface area (Å²) in [5.41, 5.74) is 2.04. The Labute approximate surface area is 187 Å². The predicted molar refractivity (Wildman–Crippen MR) is 124 cm³/mol. The number of hydrogen-bond donors (Lipinski definition) is 0. The second kappa shape index (κ2) is 9.32. The number of nitrogens with zero attached hydrogens (tertiary/aromatic N) is 1. The molecule has 4 rings (SSSR count). The SMILES string of the molecule is O=S(=O)(c1ccc(OCc2ccccc2)cc1)N1CC(/C=C/c2ccccc2)OC1=S. The van der Waals surface area contributed by atoms with Crippen LogP contribution in [0.1, 0.15) is 11.1 Å². The van der Waals surface area contributed by atoms with E-state index in [9.17, 15) is 8.42 Å². The van der Waals surface area contributed by atoms with Crippen LogP contribution >= 0.6 is 12.2 Å². The Balaban J connectivity index is 1.41. The van der Waals surface area contributed by atoms with Gasteiger partial charge in [0.15, 0.2) is 0 Å². The highest BCUT2D eigenvalue weighted by molar-refractivity contribution is 7.91. The van der Waals surface area contributed by atoms with Crippen LogP contribution in [0.2, 0.25) is 0 Å². The third kappa shape index (κ3) is 5.13. The van der Waals surface area contributed by atoms with Crippen molar-refractivity contribution in [2.75, 3.05) is 6.54 Å². The van der Waals surface area contributed by atoms with Gasteiger partial charge in [-0.15, -0.1) is 0 Å². The van der Waals surface area contributed by atoms with E-state index in [0.717, 1.165) is 15.4 Å². The Bertz CT molecular complexity index is 1160. The lowest BCUT2D eigenvalue weighted by molar-refractivity contribution is 0.287. The van der Waals surface area contributed by atoms with Crippen molar-refractivity contribution in [3.8, 4) is 5.75 Å². The molecule has 3 aromatic carbocycles. The molecule has 31 heavy (non-hydrogen) atoms. The molecule has 0 amide bonds. The van der Waals surface area contributed by atoms with E-state index in [1.54, 1.807) is 12.1 Å². The quantitative estimate of drug-likeness (QED) is 0.490. The fraction of sp³-hybridized carbons (Fsp3) is 0.125. The standard InChI is InChI=1S/C24H21NO4S2/c26-31(27,23-15-13-21(14-16-23)28-18-20-9-5-2-6-10-20)25-17-22(29-24(25)30)12-11-19-7-3-1-4-8-19/h1-16,22H,17-18H2/b12-11+. The summed E-state index contributed by atoms with van der Waals surface area (Å²) in [6, 6.07) is 25.8. The summed E-state index contributed by atoms with van der Waals surface area (Å²) in [5, 5.41) is -0.0490. The Morgan fingerprint density at radius 2 is 1.61 bits per heavy atom. The van der Waals surface area contributed by atoms with Gasteiger partial charge in [0.2, 0.25) is 0 Å². The molecule has 0 aliphatic carbocycles. The van der Waals surface area contributed by atoms with Gasteiger partial charge in [0.1, 0.15) is 18.5 Å². The van der Waals surface area contributed by atoms with Gasteiger partial charge in [-0.25, -0.2) is 12.7 Å². The number of thiocarbonyl (C=S) groups is 1. The zero-order valence-corrected chi connectivity index (χ0v) is 18.3. The van der Waals surface area contributed by atoms with E-state index >= 15 is 0 Å². The molecular formula is C24H21NO4S2. The van der Waals surface area contributed by atoms with E-state index in [1.807, 2.05) is 72.8 Å². The molecule has 1 unspecified atom stereocenters. The zero-order valence-electron chi connectivity index (χ0n) is 16.6. The molecule has 5 nitrogen and oxygen atoms in total. The largest absolute Gasteiger partial charge is 0.489 e. The van der Waals surface area contributed by atoms with Crippen molar-refractivity contribution in [3.63, 3.8) is 0 Å². The molecule has 7 heteroatoms. The molecule has 0 aromatic heterocycles. The summed E-state index contributed by atoms with van der Waals surface area (Å²) in [5.74, 6) is 0.590. The minimum absolute atomic E-state index is 0.0490. The second-order valence-corrected chi connectivity index (χ2v) is 9.19. The van der Waals surface area contributed by atoms with Crippen molar-refractivity contribution < 1.29 is 17.9 Å². The summed E-state index contributed by atoms with van der Waals surface area (Å²) < 4.78 is 38.5. The maximum absolute atomic E-state index is 13.0. The topological polar surface area (TPSA) is 55.8 Å². The maximum atomic E-state index is 13.0. The molecule has 1 heterocycles. The van der Waals surface area contributed by atoms with Crippen LogP contribution < -0.4 is 4.74 Å². The van der Waals surface area contributed by atoms with Gasteiger partial charge in [-0.2, -0.15) is 0 Å². The van der Waals surface area contributed by atoms with E-state index in [0.29, 0.717) is 12.4 Å². The van der Waals surface area contributed by atoms with E-state index in [4.69, 9.17) is 21.7 Å². The molecule has 0 radical (unpaired) electrons. The lowest BCUT2D eigenvalue weighted by Gasteiger charge is -2.15. The molecular weight excluding hydrogens is 430 g/mol. The van der Waals surface area contributed by atoms with E-state index in [1.165, 1.54) is 12.1 Å². The van der Waals surface area contributed by atoms with Crippen LogP contribution in [0.5, 0.6) is 5.75 Å². The number of hydrogen-bond acceptors (Lipinski definition) is 5. The molecule has 158 valence electrons. The van der Waals surface area contributed by atoms with Crippen molar-refractivity contribution in [3.05, 3.63) is 102 Å². The van der Waals surface area contributed by atoms with Crippen LogP contribution in [0.4, 0.5) is 0 Å². The summed E-state index contributed by atoms with van der Waals surface area (Å²) in [4.78, 5) is 0.137. The van der Waals surface area contributed by atoms with Gasteiger partial charge in [-0.1, -0.05) is 66.7 Å². The van der Waals surface area contributed by atoms with Gasteiger partial charge < -0.3 is 9.47 Å². The first-order chi connectivity index (χ1) is 15.0. The van der Waals surface area contributed by atoms with Crippen LogP contribution in [0, 0.1) is 0 Å². The average molecular weight is 452 g/mol. The van der Waals surface area contributed by atoms with Gasteiger partial charge in [0.05, 0.1) is 11.4 Å². The monoisotopic (exact) mass is 451 g/mol. The molecule has 0 bridgehead atoms. The molecule has 0 N–H and O–H groups in total. The summed E-state index contributed by atoms with van der Waals surface area (Å²) >= 11 is 5.18. The molecule has 1 aliphatic rings. The highest BCUT2D eigenvalue weighted by atomic mass is 32.2. The normalized spacial score (nSPS) is 16.5. The zero-order chi connectivity index (χ0) is 21.7. The van der Waals surface area contributed by atoms with Gasteiger partial charge in [0.25, 0.3) is 15.2 Å². The van der Waals surface area contributed by atoms with Crippen LogP contribution in [0.3, 0.4) is 0 Å². The predicted octanol–water partition coefficient (Wildman–Crippen LogP) is 4.65. The number of rotatable bonds is 7. The van der Waals surface area contributed by atoms with Crippen molar-refractivity contribution in [2.24, 2.45) is 0 Å². The smallest absolute Gasteiger partial charge is 0.274 e. The average Bonchev–Trinajstić information content (AvgIpc) is 3.19. The molecule has 1 atom stereocenters. The highest BCUT2D eigenvalue weighted by Gasteiger charge is 2.36. The lowest BCUT2D eigenvalue weighted by Crippen LogP contribution is -2.32. The first-order valence-corrected chi connectivity index (χ1v) is 11.6. The Kier molecular flexibility index (Phi) is 6.34. The van der Waals surface area contributed by atoms with Crippen LogP contribution in [0.15, 0.2) is 95.9 Å². The Morgan fingerprint density at radius 3 is 2.29 bits per heavy atom. The third-order valence-corrected chi connectivity index (χ3v) is 6.96. The van der Waals surface area contributed by atoms with Crippen LogP contribution in [0.25, 0.3) is 6.08 Å². The summed E-state index contributed by atoms with van der Waals surface area (Å²) in [6.07, 6.45) is 3.27. The molecule has 0 spiro atoms. The minimum Gasteiger partial charge on any atom is -0.489 e. The fourth-order valence-electron chi connectivity index (χ4n) is 3.12. The van der Waals surface area contributed by atoms with Gasteiger partial charge >= 0.3 is 0 Å². The number of benzene rings is 3. The lowest BCUT2D eigenvalue weighted by atomic mass is 10.2. The van der Waals surface area contributed by atoms with Crippen LogP contribution in [-0.4, -0.2) is 30.5 Å². The van der Waals surface area contributed by atoms with Crippen LogP contribution in [-0.2, 0) is 21.4 Å². The van der Waals surface area contributed by atoms with Gasteiger partial charge in [-0.05, 0) is 53.7 Å². The van der Waals surface area contributed by atoms with E-state index < -0.39 is 16.1 Å². The third-order valence-electron chi connectivity index (χ3n) is 4.76.